The Hall–Kier alpha value is -1.62. The number of amides is 1. The molecule has 2 heterocycles. The molecule has 0 spiro atoms. The second-order valence-corrected chi connectivity index (χ2v) is 5.90. The summed E-state index contributed by atoms with van der Waals surface area (Å²) in [5.74, 6) is 0.539. The van der Waals surface area contributed by atoms with Crippen LogP contribution in [-0.2, 0) is 0 Å². The smallest absolute Gasteiger partial charge is 0.253 e. The molecule has 1 saturated heterocycles. The monoisotopic (exact) mass is 290 g/mol. The highest BCUT2D eigenvalue weighted by molar-refractivity contribution is 5.99. The molecule has 1 aromatic heterocycles. The van der Waals surface area contributed by atoms with Crippen LogP contribution in [0.4, 0.5) is 5.69 Å². The largest absolute Gasteiger partial charge is 0.383 e. The van der Waals surface area contributed by atoms with Gasteiger partial charge in [0.2, 0.25) is 0 Å². The number of carbonyl (C=O) groups is 1. The number of likely N-dealkylation sites (tertiary alicyclic amines) is 1. The van der Waals surface area contributed by atoms with Gasteiger partial charge in [-0.25, -0.2) is 0 Å². The molecule has 1 aliphatic heterocycles. The van der Waals surface area contributed by atoms with E-state index in [4.69, 9.17) is 0 Å². The molecule has 1 amide bonds. The van der Waals surface area contributed by atoms with Gasteiger partial charge in [-0.15, -0.1) is 0 Å². The highest BCUT2D eigenvalue weighted by atomic mass is 16.1. The van der Waals surface area contributed by atoms with Gasteiger partial charge in [0.1, 0.15) is 0 Å². The van der Waals surface area contributed by atoms with Crippen molar-refractivity contribution in [2.75, 3.05) is 31.5 Å². The topological polar surface area (TPSA) is 57.3 Å². The molecule has 5 heteroatoms. The third kappa shape index (κ3) is 4.17. The molecule has 1 aromatic rings. The zero-order chi connectivity index (χ0) is 15.2. The molecule has 0 saturated carbocycles. The van der Waals surface area contributed by atoms with Crippen LogP contribution >= 0.6 is 0 Å². The third-order valence-electron chi connectivity index (χ3n) is 4.03. The summed E-state index contributed by atoms with van der Waals surface area (Å²) in [6.07, 6.45) is 4.52. The van der Waals surface area contributed by atoms with Gasteiger partial charge in [0.25, 0.3) is 5.91 Å². The Morgan fingerprint density at radius 1 is 1.52 bits per heavy atom. The highest BCUT2D eigenvalue weighted by Gasteiger charge is 2.24. The summed E-state index contributed by atoms with van der Waals surface area (Å²) in [5, 5.41) is 6.24. The Balaban J connectivity index is 1.88. The number of pyridine rings is 1. The molecule has 2 rings (SSSR count). The van der Waals surface area contributed by atoms with E-state index in [0.717, 1.165) is 38.3 Å². The maximum atomic E-state index is 12.3. The van der Waals surface area contributed by atoms with Crippen molar-refractivity contribution in [3.8, 4) is 0 Å². The molecule has 21 heavy (non-hydrogen) atoms. The van der Waals surface area contributed by atoms with Crippen molar-refractivity contribution in [1.29, 1.82) is 0 Å². The van der Waals surface area contributed by atoms with E-state index in [-0.39, 0.29) is 5.91 Å². The summed E-state index contributed by atoms with van der Waals surface area (Å²) in [5.41, 5.74) is 1.47. The number of hydrogen-bond acceptors (Lipinski definition) is 4. The van der Waals surface area contributed by atoms with Crippen molar-refractivity contribution in [2.45, 2.75) is 33.2 Å². The van der Waals surface area contributed by atoms with Crippen LogP contribution in [0.15, 0.2) is 18.5 Å². The lowest BCUT2D eigenvalue weighted by molar-refractivity contribution is 0.0948. The number of nitrogens with one attached hydrogen (secondary N) is 2. The van der Waals surface area contributed by atoms with Gasteiger partial charge in [-0.3, -0.25) is 9.78 Å². The minimum Gasteiger partial charge on any atom is -0.383 e. The molecule has 1 aliphatic rings. The van der Waals surface area contributed by atoms with Crippen LogP contribution in [-0.4, -0.2) is 48.0 Å². The summed E-state index contributed by atoms with van der Waals surface area (Å²) in [6.45, 7) is 10.2. The predicted molar refractivity (Wildman–Crippen MR) is 85.5 cm³/mol. The van der Waals surface area contributed by atoms with Crippen LogP contribution in [0.1, 0.15) is 37.6 Å². The standard InChI is InChI=1S/C16H26N4O/c1-4-18-15-10-17-7-5-14(15)16(21)19-9-13-6-8-20(11-13)12(2)3/h5,7,10,12-13,18H,4,6,8-9,11H2,1-3H3,(H,19,21). The van der Waals surface area contributed by atoms with E-state index >= 15 is 0 Å². The highest BCUT2D eigenvalue weighted by Crippen LogP contribution is 2.18. The Bertz CT molecular complexity index is 475. The molecule has 2 N–H and O–H groups in total. The molecule has 116 valence electrons. The number of hydrogen-bond donors (Lipinski definition) is 2. The summed E-state index contributed by atoms with van der Waals surface area (Å²) < 4.78 is 0. The van der Waals surface area contributed by atoms with E-state index in [2.05, 4.69) is 34.4 Å². The number of anilines is 1. The fourth-order valence-corrected chi connectivity index (χ4v) is 2.75. The molecule has 0 aliphatic carbocycles. The summed E-state index contributed by atoms with van der Waals surface area (Å²) in [6, 6.07) is 2.36. The molecule has 0 bridgehead atoms. The average Bonchev–Trinajstić information content (AvgIpc) is 2.95. The van der Waals surface area contributed by atoms with Crippen LogP contribution in [0.5, 0.6) is 0 Å². The average molecular weight is 290 g/mol. The lowest BCUT2D eigenvalue weighted by atomic mass is 10.1. The van der Waals surface area contributed by atoms with E-state index < -0.39 is 0 Å². The van der Waals surface area contributed by atoms with Crippen molar-refractivity contribution >= 4 is 11.6 Å². The molecular formula is C16H26N4O. The van der Waals surface area contributed by atoms with Crippen LogP contribution in [0.25, 0.3) is 0 Å². The van der Waals surface area contributed by atoms with Gasteiger partial charge in [0, 0.05) is 31.9 Å². The van der Waals surface area contributed by atoms with Gasteiger partial charge >= 0.3 is 0 Å². The van der Waals surface area contributed by atoms with Gasteiger partial charge in [-0.1, -0.05) is 0 Å². The quantitative estimate of drug-likeness (QED) is 0.841. The Kier molecular flexibility index (Phi) is 5.56. The first-order chi connectivity index (χ1) is 10.1. The molecule has 5 nitrogen and oxygen atoms in total. The van der Waals surface area contributed by atoms with Crippen LogP contribution in [0, 0.1) is 5.92 Å². The first kappa shape index (κ1) is 15.8. The summed E-state index contributed by atoms with van der Waals surface area (Å²) >= 11 is 0. The van der Waals surface area contributed by atoms with E-state index in [1.807, 2.05) is 6.92 Å². The zero-order valence-corrected chi connectivity index (χ0v) is 13.2. The minimum absolute atomic E-state index is 0.0173. The van der Waals surface area contributed by atoms with Gasteiger partial charge in [-0.2, -0.15) is 0 Å². The number of nitrogens with zero attached hydrogens (tertiary/aromatic N) is 2. The lowest BCUT2D eigenvalue weighted by Gasteiger charge is -2.20. The fraction of sp³-hybridized carbons (Fsp3) is 0.625. The van der Waals surface area contributed by atoms with Crippen LogP contribution in [0.2, 0.25) is 0 Å². The molecule has 0 radical (unpaired) electrons. The zero-order valence-electron chi connectivity index (χ0n) is 13.2. The predicted octanol–water partition coefficient (Wildman–Crippen LogP) is 1.97. The van der Waals surface area contributed by atoms with E-state index in [0.29, 0.717) is 17.5 Å². The van der Waals surface area contributed by atoms with Crippen molar-refractivity contribution in [3.63, 3.8) is 0 Å². The Morgan fingerprint density at radius 3 is 3.00 bits per heavy atom. The van der Waals surface area contributed by atoms with Crippen LogP contribution in [0.3, 0.4) is 0 Å². The van der Waals surface area contributed by atoms with Crippen molar-refractivity contribution in [3.05, 3.63) is 24.0 Å². The summed E-state index contributed by atoms with van der Waals surface area (Å²) in [4.78, 5) is 18.8. The SMILES string of the molecule is CCNc1cnccc1C(=O)NCC1CCN(C(C)C)C1. The van der Waals surface area contributed by atoms with Gasteiger partial charge < -0.3 is 15.5 Å². The Morgan fingerprint density at radius 2 is 2.33 bits per heavy atom. The van der Waals surface area contributed by atoms with Gasteiger partial charge in [0.05, 0.1) is 17.4 Å². The van der Waals surface area contributed by atoms with E-state index in [1.165, 1.54) is 0 Å². The number of aromatic nitrogens is 1. The number of carbonyl (C=O) groups excluding carboxylic acids is 1. The molecule has 1 fully saturated rings. The molecule has 1 unspecified atom stereocenters. The maximum Gasteiger partial charge on any atom is 0.253 e. The van der Waals surface area contributed by atoms with Crippen molar-refractivity contribution in [1.82, 2.24) is 15.2 Å². The van der Waals surface area contributed by atoms with Gasteiger partial charge in [0.15, 0.2) is 0 Å². The second-order valence-electron chi connectivity index (χ2n) is 5.90. The number of rotatable bonds is 6. The first-order valence-corrected chi connectivity index (χ1v) is 7.82. The second kappa shape index (κ2) is 7.41. The maximum absolute atomic E-state index is 12.3. The minimum atomic E-state index is -0.0173. The van der Waals surface area contributed by atoms with Gasteiger partial charge in [-0.05, 0) is 45.7 Å². The summed E-state index contributed by atoms with van der Waals surface area (Å²) in [7, 11) is 0. The third-order valence-corrected chi connectivity index (χ3v) is 4.03. The fourth-order valence-electron chi connectivity index (χ4n) is 2.75. The molecule has 0 aromatic carbocycles. The normalized spacial score (nSPS) is 19.0. The Labute approximate surface area is 127 Å². The van der Waals surface area contributed by atoms with Crippen molar-refractivity contribution < 1.29 is 4.79 Å². The lowest BCUT2D eigenvalue weighted by Crippen LogP contribution is -2.33. The molecular weight excluding hydrogens is 264 g/mol. The van der Waals surface area contributed by atoms with Crippen molar-refractivity contribution in [2.24, 2.45) is 5.92 Å². The van der Waals surface area contributed by atoms with E-state index in [1.54, 1.807) is 18.5 Å². The van der Waals surface area contributed by atoms with E-state index in [9.17, 15) is 4.79 Å². The first-order valence-electron chi connectivity index (χ1n) is 7.82. The van der Waals surface area contributed by atoms with Crippen LogP contribution < -0.4 is 10.6 Å². The molecule has 1 atom stereocenters.